The Labute approximate surface area is 114 Å². The van der Waals surface area contributed by atoms with Crippen molar-refractivity contribution < 1.29 is 18.7 Å². The summed E-state index contributed by atoms with van der Waals surface area (Å²) in [4.78, 5) is 10.6. The van der Waals surface area contributed by atoms with Crippen LogP contribution in [-0.4, -0.2) is 11.1 Å². The number of halogens is 2. The molecule has 0 saturated carbocycles. The molecule has 0 spiro atoms. The van der Waals surface area contributed by atoms with Crippen LogP contribution in [0.1, 0.15) is 18.0 Å². The van der Waals surface area contributed by atoms with E-state index in [1.807, 2.05) is 0 Å². The molecule has 2 rings (SSSR count). The zero-order valence-corrected chi connectivity index (χ0v) is 10.5. The van der Waals surface area contributed by atoms with Gasteiger partial charge in [-0.2, -0.15) is 0 Å². The molecule has 3 nitrogen and oxygen atoms in total. The van der Waals surface area contributed by atoms with Gasteiger partial charge in [0, 0.05) is 6.04 Å². The monoisotopic (exact) mass is 277 g/mol. The van der Waals surface area contributed by atoms with Gasteiger partial charge in [0.05, 0.1) is 6.42 Å². The Bertz CT molecular complexity index is 644. The van der Waals surface area contributed by atoms with Gasteiger partial charge in [0.15, 0.2) is 11.6 Å². The minimum atomic E-state index is -0.990. The molecule has 0 amide bonds. The van der Waals surface area contributed by atoms with E-state index in [-0.39, 0.29) is 6.42 Å². The van der Waals surface area contributed by atoms with Crippen LogP contribution in [0, 0.1) is 11.6 Å². The number of aliphatic carboxylic acids is 1. The summed E-state index contributed by atoms with van der Waals surface area (Å²) in [6.07, 6.45) is -0.193. The first-order chi connectivity index (χ1) is 9.47. The van der Waals surface area contributed by atoms with Crippen molar-refractivity contribution in [2.24, 2.45) is 5.73 Å². The standard InChI is InChI=1S/C15H13F2NO2/c16-12-5-4-10(7-13(12)17)9-2-1-3-11(6-9)14(18)8-15(19)20/h1-7,14H,8,18H2,(H,19,20)/t14-/m0/s1. The second-order valence-corrected chi connectivity index (χ2v) is 4.46. The number of benzene rings is 2. The molecule has 2 aromatic carbocycles. The third kappa shape index (κ3) is 3.19. The van der Waals surface area contributed by atoms with Crippen LogP contribution in [0.5, 0.6) is 0 Å². The van der Waals surface area contributed by atoms with E-state index in [0.717, 1.165) is 12.1 Å². The maximum atomic E-state index is 13.2. The Kier molecular flexibility index (Phi) is 4.10. The van der Waals surface area contributed by atoms with E-state index < -0.39 is 23.6 Å². The van der Waals surface area contributed by atoms with Gasteiger partial charge in [0.1, 0.15) is 0 Å². The second kappa shape index (κ2) is 5.79. The highest BCUT2D eigenvalue weighted by Gasteiger charge is 2.12. The molecule has 0 heterocycles. The highest BCUT2D eigenvalue weighted by atomic mass is 19.2. The Hall–Kier alpha value is -2.27. The van der Waals surface area contributed by atoms with Crippen LogP contribution in [0.25, 0.3) is 11.1 Å². The van der Waals surface area contributed by atoms with E-state index in [1.54, 1.807) is 24.3 Å². The van der Waals surface area contributed by atoms with E-state index >= 15 is 0 Å². The van der Waals surface area contributed by atoms with E-state index in [1.165, 1.54) is 6.07 Å². The number of hydrogen-bond acceptors (Lipinski definition) is 2. The smallest absolute Gasteiger partial charge is 0.305 e. The molecule has 0 aromatic heterocycles. The maximum absolute atomic E-state index is 13.2. The molecule has 0 bridgehead atoms. The van der Waals surface area contributed by atoms with Crippen LogP contribution in [0.3, 0.4) is 0 Å². The number of nitrogens with two attached hydrogens (primary N) is 1. The lowest BCUT2D eigenvalue weighted by Gasteiger charge is -2.11. The lowest BCUT2D eigenvalue weighted by atomic mass is 9.98. The molecule has 0 aliphatic carbocycles. The zero-order chi connectivity index (χ0) is 14.7. The summed E-state index contributed by atoms with van der Waals surface area (Å²) in [6, 6.07) is 9.78. The Morgan fingerprint density at radius 1 is 1.10 bits per heavy atom. The number of rotatable bonds is 4. The molecule has 20 heavy (non-hydrogen) atoms. The maximum Gasteiger partial charge on any atom is 0.305 e. The minimum absolute atomic E-state index is 0.193. The topological polar surface area (TPSA) is 63.3 Å². The van der Waals surface area contributed by atoms with Crippen molar-refractivity contribution in [3.8, 4) is 11.1 Å². The molecule has 0 aliphatic heterocycles. The number of carboxylic acid groups (broad SMARTS) is 1. The van der Waals surface area contributed by atoms with Gasteiger partial charge in [-0.3, -0.25) is 4.79 Å². The Balaban J connectivity index is 2.33. The molecule has 0 unspecified atom stereocenters. The Morgan fingerprint density at radius 2 is 1.80 bits per heavy atom. The minimum Gasteiger partial charge on any atom is -0.481 e. The summed E-state index contributed by atoms with van der Waals surface area (Å²) < 4.78 is 26.1. The van der Waals surface area contributed by atoms with Crippen LogP contribution in [0.2, 0.25) is 0 Å². The van der Waals surface area contributed by atoms with Crippen molar-refractivity contribution in [3.05, 3.63) is 59.7 Å². The molecule has 5 heteroatoms. The average Bonchev–Trinajstić information content (AvgIpc) is 2.41. The van der Waals surface area contributed by atoms with Gasteiger partial charge in [-0.25, -0.2) is 8.78 Å². The van der Waals surface area contributed by atoms with Crippen molar-refractivity contribution in [2.45, 2.75) is 12.5 Å². The molecule has 104 valence electrons. The fraction of sp³-hybridized carbons (Fsp3) is 0.133. The third-order valence-corrected chi connectivity index (χ3v) is 2.96. The number of carbonyl (C=O) groups is 1. The van der Waals surface area contributed by atoms with E-state index in [9.17, 15) is 13.6 Å². The molecule has 1 atom stereocenters. The molecule has 0 radical (unpaired) electrons. The molecular weight excluding hydrogens is 264 g/mol. The van der Waals surface area contributed by atoms with E-state index in [2.05, 4.69) is 0 Å². The molecule has 0 aliphatic rings. The second-order valence-electron chi connectivity index (χ2n) is 4.46. The van der Waals surface area contributed by atoms with Crippen LogP contribution in [0.15, 0.2) is 42.5 Å². The van der Waals surface area contributed by atoms with Crippen molar-refractivity contribution in [1.82, 2.24) is 0 Å². The number of carboxylic acids is 1. The molecule has 0 fully saturated rings. The summed E-state index contributed by atoms with van der Waals surface area (Å²) in [6.45, 7) is 0. The zero-order valence-electron chi connectivity index (χ0n) is 10.5. The first-order valence-electron chi connectivity index (χ1n) is 6.00. The highest BCUT2D eigenvalue weighted by Crippen LogP contribution is 2.25. The largest absolute Gasteiger partial charge is 0.481 e. The lowest BCUT2D eigenvalue weighted by molar-refractivity contribution is -0.137. The van der Waals surface area contributed by atoms with Crippen LogP contribution >= 0.6 is 0 Å². The normalized spacial score (nSPS) is 12.2. The van der Waals surface area contributed by atoms with Crippen LogP contribution in [0.4, 0.5) is 8.78 Å². The summed E-state index contributed by atoms with van der Waals surface area (Å²) in [5, 5.41) is 8.73. The van der Waals surface area contributed by atoms with Gasteiger partial charge in [0.2, 0.25) is 0 Å². The predicted octanol–water partition coefficient (Wildman–Crippen LogP) is 3.11. The quantitative estimate of drug-likeness (QED) is 0.902. The molecular formula is C15H13F2NO2. The summed E-state index contributed by atoms with van der Waals surface area (Å²) in [5.74, 6) is -2.83. The van der Waals surface area contributed by atoms with Crippen molar-refractivity contribution >= 4 is 5.97 Å². The molecule has 3 N–H and O–H groups in total. The summed E-state index contributed by atoms with van der Waals surface area (Å²) >= 11 is 0. The van der Waals surface area contributed by atoms with Gasteiger partial charge in [-0.05, 0) is 34.9 Å². The van der Waals surface area contributed by atoms with Gasteiger partial charge >= 0.3 is 5.97 Å². The van der Waals surface area contributed by atoms with Crippen LogP contribution < -0.4 is 5.73 Å². The summed E-state index contributed by atoms with van der Waals surface area (Å²) in [7, 11) is 0. The fourth-order valence-corrected chi connectivity index (χ4v) is 1.93. The SMILES string of the molecule is N[C@@H](CC(=O)O)c1cccc(-c2ccc(F)c(F)c2)c1. The van der Waals surface area contributed by atoms with Crippen LogP contribution in [-0.2, 0) is 4.79 Å². The first kappa shape index (κ1) is 14.1. The molecule has 0 saturated heterocycles. The van der Waals surface area contributed by atoms with E-state index in [4.69, 9.17) is 10.8 Å². The van der Waals surface area contributed by atoms with E-state index in [0.29, 0.717) is 16.7 Å². The average molecular weight is 277 g/mol. The fourth-order valence-electron chi connectivity index (χ4n) is 1.93. The number of hydrogen-bond donors (Lipinski definition) is 2. The van der Waals surface area contributed by atoms with Crippen molar-refractivity contribution in [3.63, 3.8) is 0 Å². The van der Waals surface area contributed by atoms with Gasteiger partial charge < -0.3 is 10.8 Å². The molecule has 2 aromatic rings. The Morgan fingerprint density at radius 3 is 2.45 bits per heavy atom. The van der Waals surface area contributed by atoms with Gasteiger partial charge in [-0.15, -0.1) is 0 Å². The van der Waals surface area contributed by atoms with Gasteiger partial charge in [0.25, 0.3) is 0 Å². The third-order valence-electron chi connectivity index (χ3n) is 2.96. The van der Waals surface area contributed by atoms with Crippen molar-refractivity contribution in [1.29, 1.82) is 0 Å². The lowest BCUT2D eigenvalue weighted by Crippen LogP contribution is -2.14. The van der Waals surface area contributed by atoms with Gasteiger partial charge in [-0.1, -0.05) is 24.3 Å². The predicted molar refractivity (Wildman–Crippen MR) is 71.0 cm³/mol. The van der Waals surface area contributed by atoms with Crippen molar-refractivity contribution in [2.75, 3.05) is 0 Å². The first-order valence-corrected chi connectivity index (χ1v) is 6.00. The summed E-state index contributed by atoms with van der Waals surface area (Å²) in [5.41, 5.74) is 7.58. The highest BCUT2D eigenvalue weighted by molar-refractivity contribution is 5.69.